The maximum absolute atomic E-state index is 13.1. The van der Waals surface area contributed by atoms with Crippen molar-refractivity contribution in [3.05, 3.63) is 47.8 Å². The molecule has 24 heavy (non-hydrogen) atoms. The van der Waals surface area contributed by atoms with Crippen LogP contribution in [0, 0.1) is 6.92 Å². The van der Waals surface area contributed by atoms with Crippen LogP contribution in [-0.4, -0.2) is 29.5 Å². The summed E-state index contributed by atoms with van der Waals surface area (Å²) in [5, 5.41) is 7.26. The summed E-state index contributed by atoms with van der Waals surface area (Å²) in [5.74, 6) is 0. The molecule has 1 saturated carbocycles. The molecule has 2 aromatic rings. The van der Waals surface area contributed by atoms with Crippen molar-refractivity contribution >= 4 is 9.84 Å². The van der Waals surface area contributed by atoms with E-state index in [0.717, 1.165) is 36.8 Å². The number of nitrogens with one attached hydrogen (secondary N) is 1. The van der Waals surface area contributed by atoms with Gasteiger partial charge in [-0.05, 0) is 31.9 Å². The summed E-state index contributed by atoms with van der Waals surface area (Å²) >= 11 is 0. The number of sulfone groups is 1. The second-order valence-corrected chi connectivity index (χ2v) is 8.86. The van der Waals surface area contributed by atoms with Crippen molar-refractivity contribution in [2.45, 2.75) is 55.3 Å². The van der Waals surface area contributed by atoms with E-state index in [4.69, 9.17) is 0 Å². The van der Waals surface area contributed by atoms with Gasteiger partial charge < -0.3 is 5.32 Å². The lowest BCUT2D eigenvalue weighted by molar-refractivity contribution is 0.369. The van der Waals surface area contributed by atoms with Crippen molar-refractivity contribution in [1.29, 1.82) is 0 Å². The van der Waals surface area contributed by atoms with E-state index in [9.17, 15) is 8.42 Å². The molecule has 0 radical (unpaired) electrons. The van der Waals surface area contributed by atoms with Crippen LogP contribution in [0.15, 0.2) is 41.6 Å². The van der Waals surface area contributed by atoms with Gasteiger partial charge in [0, 0.05) is 31.4 Å². The third-order valence-corrected chi connectivity index (χ3v) is 7.07. The van der Waals surface area contributed by atoms with Crippen LogP contribution in [0.3, 0.4) is 0 Å². The van der Waals surface area contributed by atoms with Crippen molar-refractivity contribution in [1.82, 2.24) is 15.1 Å². The van der Waals surface area contributed by atoms with Crippen LogP contribution in [0.25, 0.3) is 0 Å². The number of hydrogen-bond acceptors (Lipinski definition) is 4. The van der Waals surface area contributed by atoms with E-state index in [1.54, 1.807) is 16.8 Å². The predicted molar refractivity (Wildman–Crippen MR) is 94.5 cm³/mol. The molecule has 1 heterocycles. The molecule has 130 valence electrons. The van der Waals surface area contributed by atoms with E-state index in [2.05, 4.69) is 10.4 Å². The Kier molecular flexibility index (Phi) is 5.06. The summed E-state index contributed by atoms with van der Waals surface area (Å²) in [4.78, 5) is 0.438. The summed E-state index contributed by atoms with van der Waals surface area (Å²) in [6, 6.07) is 7.20. The van der Waals surface area contributed by atoms with Gasteiger partial charge in [-0.1, -0.05) is 30.5 Å². The van der Waals surface area contributed by atoms with Gasteiger partial charge in [0.15, 0.2) is 9.84 Å². The van der Waals surface area contributed by atoms with Gasteiger partial charge in [0.1, 0.15) is 0 Å². The first kappa shape index (κ1) is 17.2. The number of rotatable bonds is 5. The lowest BCUT2D eigenvalue weighted by Crippen LogP contribution is -2.46. The fourth-order valence-corrected chi connectivity index (χ4v) is 5.42. The van der Waals surface area contributed by atoms with Gasteiger partial charge in [-0.2, -0.15) is 5.10 Å². The van der Waals surface area contributed by atoms with E-state index < -0.39 is 9.84 Å². The summed E-state index contributed by atoms with van der Waals surface area (Å²) in [6.45, 7) is 2.62. The Hall–Kier alpha value is -1.66. The normalized spacial score (nSPS) is 21.8. The van der Waals surface area contributed by atoms with Gasteiger partial charge in [0.2, 0.25) is 0 Å². The smallest absolute Gasteiger partial charge is 0.182 e. The molecular formula is C18H25N3O2S. The van der Waals surface area contributed by atoms with Crippen LogP contribution < -0.4 is 5.32 Å². The number of aromatic nitrogens is 2. The number of nitrogens with zero attached hydrogens (tertiary/aromatic N) is 2. The Morgan fingerprint density at radius 1 is 1.21 bits per heavy atom. The number of aryl methyl sites for hydroxylation is 2. The molecule has 2 atom stereocenters. The SMILES string of the molecule is Cc1ccc(S(=O)(=O)[C@@H]2CCCC[C@H]2NCc2cnn(C)c2)cc1. The van der Waals surface area contributed by atoms with E-state index >= 15 is 0 Å². The third-order valence-electron chi connectivity index (χ3n) is 4.78. The average Bonchev–Trinajstić information content (AvgIpc) is 2.99. The molecule has 6 heteroatoms. The van der Waals surface area contributed by atoms with Crippen molar-refractivity contribution in [2.24, 2.45) is 7.05 Å². The molecule has 1 aliphatic carbocycles. The number of hydrogen-bond donors (Lipinski definition) is 1. The summed E-state index contributed by atoms with van der Waals surface area (Å²) in [5.41, 5.74) is 2.15. The minimum atomic E-state index is -3.31. The highest BCUT2D eigenvalue weighted by Gasteiger charge is 2.36. The molecule has 0 bridgehead atoms. The molecule has 0 spiro atoms. The first-order valence-electron chi connectivity index (χ1n) is 8.48. The average molecular weight is 347 g/mol. The molecule has 1 aromatic carbocycles. The zero-order valence-electron chi connectivity index (χ0n) is 14.3. The monoisotopic (exact) mass is 347 g/mol. The highest BCUT2D eigenvalue weighted by atomic mass is 32.2. The second kappa shape index (κ2) is 7.07. The highest BCUT2D eigenvalue weighted by molar-refractivity contribution is 7.92. The molecule has 0 aliphatic heterocycles. The molecule has 1 N–H and O–H groups in total. The van der Waals surface area contributed by atoms with E-state index in [1.807, 2.05) is 38.5 Å². The Labute approximate surface area is 144 Å². The predicted octanol–water partition coefficient (Wildman–Crippen LogP) is 2.60. The van der Waals surface area contributed by atoms with Gasteiger partial charge in [-0.3, -0.25) is 4.68 Å². The van der Waals surface area contributed by atoms with Gasteiger partial charge in [-0.15, -0.1) is 0 Å². The second-order valence-electron chi connectivity index (χ2n) is 6.69. The lowest BCUT2D eigenvalue weighted by atomic mass is 9.95. The van der Waals surface area contributed by atoms with Crippen LogP contribution in [0.5, 0.6) is 0 Å². The minimum absolute atomic E-state index is 0.00902. The quantitative estimate of drug-likeness (QED) is 0.903. The Bertz CT molecular complexity index is 781. The van der Waals surface area contributed by atoms with Crippen molar-refractivity contribution in [3.8, 4) is 0 Å². The fourth-order valence-electron chi connectivity index (χ4n) is 3.42. The topological polar surface area (TPSA) is 64.0 Å². The number of benzene rings is 1. The van der Waals surface area contributed by atoms with Crippen LogP contribution >= 0.6 is 0 Å². The molecule has 0 unspecified atom stereocenters. The largest absolute Gasteiger partial charge is 0.309 e. The molecule has 1 aliphatic rings. The zero-order valence-corrected chi connectivity index (χ0v) is 15.1. The molecule has 1 fully saturated rings. The third kappa shape index (κ3) is 3.70. The lowest BCUT2D eigenvalue weighted by Gasteiger charge is -2.32. The molecular weight excluding hydrogens is 322 g/mol. The van der Waals surface area contributed by atoms with Crippen LogP contribution in [0.4, 0.5) is 0 Å². The Morgan fingerprint density at radius 3 is 2.58 bits per heavy atom. The molecule has 5 nitrogen and oxygen atoms in total. The highest BCUT2D eigenvalue weighted by Crippen LogP contribution is 2.29. The summed E-state index contributed by atoms with van der Waals surface area (Å²) in [6.07, 6.45) is 7.45. The summed E-state index contributed by atoms with van der Waals surface area (Å²) < 4.78 is 27.9. The van der Waals surface area contributed by atoms with E-state index in [0.29, 0.717) is 11.4 Å². The maximum Gasteiger partial charge on any atom is 0.182 e. The standard InChI is InChI=1S/C18H25N3O2S/c1-14-7-9-16(10-8-14)24(22,23)18-6-4-3-5-17(18)19-11-15-12-20-21(2)13-15/h7-10,12-13,17-19H,3-6,11H2,1-2H3/t17-,18-/m1/s1. The van der Waals surface area contributed by atoms with Crippen molar-refractivity contribution in [2.75, 3.05) is 0 Å². The first-order valence-corrected chi connectivity index (χ1v) is 10.0. The van der Waals surface area contributed by atoms with Crippen LogP contribution in [0.2, 0.25) is 0 Å². The van der Waals surface area contributed by atoms with Gasteiger partial charge >= 0.3 is 0 Å². The zero-order chi connectivity index (χ0) is 17.2. The summed E-state index contributed by atoms with van der Waals surface area (Å²) in [7, 11) is -1.43. The van der Waals surface area contributed by atoms with Crippen molar-refractivity contribution in [3.63, 3.8) is 0 Å². The first-order chi connectivity index (χ1) is 11.5. The molecule has 1 aromatic heterocycles. The van der Waals surface area contributed by atoms with Gasteiger partial charge in [0.25, 0.3) is 0 Å². The van der Waals surface area contributed by atoms with Crippen LogP contribution in [0.1, 0.15) is 36.8 Å². The van der Waals surface area contributed by atoms with Crippen LogP contribution in [-0.2, 0) is 23.4 Å². The molecule has 0 saturated heterocycles. The van der Waals surface area contributed by atoms with Gasteiger partial charge in [-0.25, -0.2) is 8.42 Å². The minimum Gasteiger partial charge on any atom is -0.309 e. The fraction of sp³-hybridized carbons (Fsp3) is 0.500. The van der Waals surface area contributed by atoms with E-state index in [-0.39, 0.29) is 11.3 Å². The Morgan fingerprint density at radius 2 is 1.92 bits per heavy atom. The maximum atomic E-state index is 13.1. The van der Waals surface area contributed by atoms with E-state index in [1.165, 1.54) is 0 Å². The molecule has 0 amide bonds. The molecule has 3 rings (SSSR count). The van der Waals surface area contributed by atoms with Crippen molar-refractivity contribution < 1.29 is 8.42 Å². The Balaban J connectivity index is 1.76. The van der Waals surface area contributed by atoms with Gasteiger partial charge in [0.05, 0.1) is 16.3 Å².